The summed E-state index contributed by atoms with van der Waals surface area (Å²) in [6, 6.07) is 4.04. The Hall–Kier alpha value is -0.440. The van der Waals surface area contributed by atoms with Crippen molar-refractivity contribution in [1.82, 2.24) is 5.32 Å². The van der Waals surface area contributed by atoms with Crippen LogP contribution < -0.4 is 10.1 Å². The van der Waals surface area contributed by atoms with Crippen molar-refractivity contribution in [2.24, 2.45) is 5.92 Å². The molecule has 3 rings (SSSR count). The molecule has 1 aromatic carbocycles. The molecule has 1 aromatic rings. The summed E-state index contributed by atoms with van der Waals surface area (Å²) in [5.74, 6) is 1.76. The minimum absolute atomic E-state index is 0.323. The third-order valence-electron chi connectivity index (χ3n) is 3.71. The molecule has 1 N–H and O–H groups in total. The molecule has 1 atom stereocenters. The van der Waals surface area contributed by atoms with Crippen LogP contribution in [-0.2, 0) is 0 Å². The molecule has 98 valence electrons. The van der Waals surface area contributed by atoms with Gasteiger partial charge >= 0.3 is 0 Å². The number of hydrogen-bond donors (Lipinski definition) is 1. The maximum Gasteiger partial charge on any atom is 0.142 e. The van der Waals surface area contributed by atoms with E-state index in [1.54, 1.807) is 6.07 Å². The third-order valence-corrected chi connectivity index (χ3v) is 4.20. The Morgan fingerprint density at radius 2 is 2.06 bits per heavy atom. The first-order chi connectivity index (χ1) is 8.74. The lowest BCUT2D eigenvalue weighted by Gasteiger charge is -2.27. The first-order valence-corrected chi connectivity index (χ1v) is 7.35. The fraction of sp³-hybridized carbons (Fsp3) is 0.571. The van der Waals surface area contributed by atoms with Crippen LogP contribution in [0.2, 0.25) is 10.0 Å². The van der Waals surface area contributed by atoms with E-state index in [1.807, 2.05) is 6.07 Å². The van der Waals surface area contributed by atoms with Gasteiger partial charge in [0.15, 0.2) is 0 Å². The predicted octanol–water partition coefficient (Wildman–Crippen LogP) is 4.21. The molecule has 2 aliphatic rings. The molecule has 18 heavy (non-hydrogen) atoms. The van der Waals surface area contributed by atoms with E-state index in [1.165, 1.54) is 19.3 Å². The summed E-state index contributed by atoms with van der Waals surface area (Å²) >= 11 is 12.2. The van der Waals surface area contributed by atoms with Crippen LogP contribution in [0.5, 0.6) is 5.75 Å². The smallest absolute Gasteiger partial charge is 0.142 e. The van der Waals surface area contributed by atoms with Crippen molar-refractivity contribution >= 4 is 23.2 Å². The monoisotopic (exact) mass is 285 g/mol. The molecule has 1 heterocycles. The van der Waals surface area contributed by atoms with Crippen LogP contribution in [0, 0.1) is 5.92 Å². The Labute approximate surface area is 118 Å². The van der Waals surface area contributed by atoms with E-state index in [0.717, 1.165) is 36.8 Å². The SMILES string of the molecule is Clc1cc(Cl)c2c(c1)C(NCCC1CC1)CCO2. The highest BCUT2D eigenvalue weighted by atomic mass is 35.5. The minimum Gasteiger partial charge on any atom is -0.492 e. The molecular weight excluding hydrogens is 269 g/mol. The second kappa shape index (κ2) is 5.28. The number of halogens is 2. The average molecular weight is 286 g/mol. The van der Waals surface area contributed by atoms with E-state index in [4.69, 9.17) is 27.9 Å². The van der Waals surface area contributed by atoms with Crippen LogP contribution in [0.1, 0.15) is 37.3 Å². The highest BCUT2D eigenvalue weighted by Crippen LogP contribution is 2.40. The lowest BCUT2D eigenvalue weighted by atomic mass is 10.0. The van der Waals surface area contributed by atoms with Gasteiger partial charge in [-0.05, 0) is 31.0 Å². The summed E-state index contributed by atoms with van der Waals surface area (Å²) in [6.07, 6.45) is 5.07. The predicted molar refractivity (Wildman–Crippen MR) is 74.7 cm³/mol. The van der Waals surface area contributed by atoms with Crippen molar-refractivity contribution in [3.63, 3.8) is 0 Å². The number of fused-ring (bicyclic) bond motifs is 1. The van der Waals surface area contributed by atoms with Crippen LogP contribution in [0.4, 0.5) is 0 Å². The quantitative estimate of drug-likeness (QED) is 0.895. The maximum absolute atomic E-state index is 6.17. The summed E-state index contributed by atoms with van der Waals surface area (Å²) in [5.41, 5.74) is 1.11. The molecule has 1 aliphatic carbocycles. The second-order valence-corrected chi connectivity index (χ2v) is 6.03. The molecule has 0 radical (unpaired) electrons. The molecule has 0 spiro atoms. The highest BCUT2D eigenvalue weighted by molar-refractivity contribution is 6.35. The maximum atomic E-state index is 6.17. The second-order valence-electron chi connectivity index (χ2n) is 5.18. The van der Waals surface area contributed by atoms with Gasteiger partial charge < -0.3 is 10.1 Å². The molecule has 4 heteroatoms. The first kappa shape index (κ1) is 12.6. The minimum atomic E-state index is 0.323. The number of ether oxygens (including phenoxy) is 1. The number of rotatable bonds is 4. The molecule has 0 saturated heterocycles. The van der Waals surface area contributed by atoms with Gasteiger partial charge in [-0.1, -0.05) is 36.0 Å². The van der Waals surface area contributed by atoms with Crippen molar-refractivity contribution in [1.29, 1.82) is 0 Å². The van der Waals surface area contributed by atoms with Crippen molar-refractivity contribution in [3.05, 3.63) is 27.7 Å². The first-order valence-electron chi connectivity index (χ1n) is 6.59. The van der Waals surface area contributed by atoms with Crippen LogP contribution in [0.3, 0.4) is 0 Å². The molecule has 0 amide bonds. The molecular formula is C14H17Cl2NO. The van der Waals surface area contributed by atoms with Crippen LogP contribution in [-0.4, -0.2) is 13.2 Å². The van der Waals surface area contributed by atoms with Gasteiger partial charge in [-0.3, -0.25) is 0 Å². The number of benzene rings is 1. The van der Waals surface area contributed by atoms with Crippen LogP contribution in [0.25, 0.3) is 0 Å². The van der Waals surface area contributed by atoms with E-state index in [9.17, 15) is 0 Å². The van der Waals surface area contributed by atoms with E-state index in [2.05, 4.69) is 5.32 Å². The van der Waals surface area contributed by atoms with E-state index in [0.29, 0.717) is 16.1 Å². The van der Waals surface area contributed by atoms with Gasteiger partial charge in [-0.15, -0.1) is 0 Å². The summed E-state index contributed by atoms with van der Waals surface area (Å²) in [6.45, 7) is 1.79. The lowest BCUT2D eigenvalue weighted by Crippen LogP contribution is -2.28. The standard InChI is InChI=1S/C14H17Cl2NO/c15-10-7-11-13(17-5-3-9-1-2-9)4-6-18-14(11)12(16)8-10/h7-9,13,17H,1-6H2. The van der Waals surface area contributed by atoms with Crippen molar-refractivity contribution in [3.8, 4) is 5.75 Å². The molecule has 0 bridgehead atoms. The number of hydrogen-bond acceptors (Lipinski definition) is 2. The molecule has 1 fully saturated rings. The van der Waals surface area contributed by atoms with Gasteiger partial charge in [0.25, 0.3) is 0 Å². The van der Waals surface area contributed by atoms with Crippen LogP contribution >= 0.6 is 23.2 Å². The summed E-state index contributed by atoms with van der Waals surface area (Å²) in [4.78, 5) is 0. The molecule has 0 aromatic heterocycles. The summed E-state index contributed by atoms with van der Waals surface area (Å²) in [5, 5.41) is 4.90. The Kier molecular flexibility index (Phi) is 3.69. The van der Waals surface area contributed by atoms with Crippen molar-refractivity contribution in [2.75, 3.05) is 13.2 Å². The average Bonchev–Trinajstić information content (AvgIpc) is 3.14. The largest absolute Gasteiger partial charge is 0.492 e. The lowest BCUT2D eigenvalue weighted by molar-refractivity contribution is 0.252. The topological polar surface area (TPSA) is 21.3 Å². The number of nitrogens with one attached hydrogen (secondary N) is 1. The Bertz CT molecular complexity index is 446. The Balaban J connectivity index is 1.73. The van der Waals surface area contributed by atoms with Gasteiger partial charge in [0.1, 0.15) is 5.75 Å². The third kappa shape index (κ3) is 2.76. The normalized spacial score (nSPS) is 22.4. The van der Waals surface area contributed by atoms with Gasteiger partial charge in [-0.25, -0.2) is 0 Å². The van der Waals surface area contributed by atoms with E-state index < -0.39 is 0 Å². The van der Waals surface area contributed by atoms with Crippen LogP contribution in [0.15, 0.2) is 12.1 Å². The molecule has 1 saturated carbocycles. The highest BCUT2D eigenvalue weighted by Gasteiger charge is 2.25. The zero-order valence-corrected chi connectivity index (χ0v) is 11.7. The van der Waals surface area contributed by atoms with Gasteiger partial charge in [0.05, 0.1) is 11.6 Å². The van der Waals surface area contributed by atoms with E-state index >= 15 is 0 Å². The van der Waals surface area contributed by atoms with Gasteiger partial charge in [0.2, 0.25) is 0 Å². The van der Waals surface area contributed by atoms with E-state index in [-0.39, 0.29) is 0 Å². The molecule has 2 nitrogen and oxygen atoms in total. The fourth-order valence-corrected chi connectivity index (χ4v) is 3.07. The summed E-state index contributed by atoms with van der Waals surface area (Å²) < 4.78 is 5.65. The Morgan fingerprint density at radius 3 is 2.83 bits per heavy atom. The zero-order chi connectivity index (χ0) is 12.5. The Morgan fingerprint density at radius 1 is 1.22 bits per heavy atom. The molecule has 1 unspecified atom stereocenters. The summed E-state index contributed by atoms with van der Waals surface area (Å²) in [7, 11) is 0. The van der Waals surface area contributed by atoms with Gasteiger partial charge in [-0.2, -0.15) is 0 Å². The zero-order valence-electron chi connectivity index (χ0n) is 10.2. The van der Waals surface area contributed by atoms with Crippen molar-refractivity contribution < 1.29 is 4.74 Å². The molecule has 1 aliphatic heterocycles. The van der Waals surface area contributed by atoms with Gasteiger partial charge in [0, 0.05) is 23.0 Å². The van der Waals surface area contributed by atoms with Crippen molar-refractivity contribution in [2.45, 2.75) is 31.7 Å². The fourth-order valence-electron chi connectivity index (χ4n) is 2.51.